The summed E-state index contributed by atoms with van der Waals surface area (Å²) in [7, 11) is 0. The van der Waals surface area contributed by atoms with Gasteiger partial charge in [0, 0.05) is 16.0 Å². The van der Waals surface area contributed by atoms with E-state index in [1.54, 1.807) is 23.7 Å². The van der Waals surface area contributed by atoms with Crippen LogP contribution in [0.2, 0.25) is 0 Å². The van der Waals surface area contributed by atoms with Gasteiger partial charge in [0.15, 0.2) is 0 Å². The molecule has 0 radical (unpaired) electrons. The molecule has 2 nitrogen and oxygen atoms in total. The van der Waals surface area contributed by atoms with Gasteiger partial charge in [-0.25, -0.2) is 4.98 Å². The minimum absolute atomic E-state index is 0.546. The zero-order valence-electron chi connectivity index (χ0n) is 8.77. The minimum atomic E-state index is -2.41. The van der Waals surface area contributed by atoms with Crippen LogP contribution in [0, 0.1) is 0 Å². The van der Waals surface area contributed by atoms with E-state index >= 15 is 0 Å². The summed E-state index contributed by atoms with van der Waals surface area (Å²) >= 11 is 2.06. The van der Waals surface area contributed by atoms with E-state index in [2.05, 4.69) is 10.3 Å². The second-order valence-electron chi connectivity index (χ2n) is 3.21. The van der Waals surface area contributed by atoms with Crippen molar-refractivity contribution in [3.8, 4) is 0 Å². The summed E-state index contributed by atoms with van der Waals surface area (Å²) in [5.74, 6) is -2.41. The first-order chi connectivity index (χ1) is 8.25. The van der Waals surface area contributed by atoms with Crippen molar-refractivity contribution in [3.05, 3.63) is 40.8 Å². The topological polar surface area (TPSA) is 24.9 Å². The van der Waals surface area contributed by atoms with E-state index in [0.717, 1.165) is 5.69 Å². The van der Waals surface area contributed by atoms with Gasteiger partial charge in [-0.15, -0.1) is 11.3 Å². The maximum absolute atomic E-state index is 12.3. The lowest BCUT2D eigenvalue weighted by molar-refractivity contribution is 0.252. The van der Waals surface area contributed by atoms with Gasteiger partial charge in [0.1, 0.15) is 0 Å². The molecule has 0 saturated heterocycles. The zero-order chi connectivity index (χ0) is 12.1. The lowest BCUT2D eigenvalue weighted by Crippen LogP contribution is -2.01. The van der Waals surface area contributed by atoms with Crippen molar-refractivity contribution in [1.29, 1.82) is 0 Å². The number of anilines is 1. The molecule has 1 heterocycles. The van der Waals surface area contributed by atoms with E-state index in [1.807, 2.05) is 11.4 Å². The fourth-order valence-corrected chi connectivity index (χ4v) is 2.50. The highest BCUT2D eigenvalue weighted by molar-refractivity contribution is 7.99. The molecule has 0 amide bonds. The molecule has 0 unspecified atom stereocenters. The highest BCUT2D eigenvalue weighted by Gasteiger charge is 2.09. The van der Waals surface area contributed by atoms with Gasteiger partial charge < -0.3 is 5.32 Å². The van der Waals surface area contributed by atoms with Crippen LogP contribution in [0.15, 0.2) is 40.1 Å². The number of alkyl halides is 2. The Balaban J connectivity index is 2.04. The molecule has 0 aliphatic carbocycles. The quantitative estimate of drug-likeness (QED) is 0.830. The first-order valence-corrected chi connectivity index (χ1v) is 6.73. The third-order valence-electron chi connectivity index (χ3n) is 2.05. The van der Waals surface area contributed by atoms with Gasteiger partial charge in [-0.1, -0.05) is 23.9 Å². The summed E-state index contributed by atoms with van der Waals surface area (Å²) in [6.45, 7) is 0.546. The van der Waals surface area contributed by atoms with E-state index in [4.69, 9.17) is 0 Å². The molecule has 6 heteroatoms. The number of nitrogens with zero attached hydrogens (tertiary/aromatic N) is 1. The summed E-state index contributed by atoms with van der Waals surface area (Å²) < 4.78 is 24.7. The predicted molar refractivity (Wildman–Crippen MR) is 67.7 cm³/mol. The zero-order valence-corrected chi connectivity index (χ0v) is 10.4. The second kappa shape index (κ2) is 5.97. The summed E-state index contributed by atoms with van der Waals surface area (Å²) in [5, 5.41) is 5.04. The summed E-state index contributed by atoms with van der Waals surface area (Å²) in [6.07, 6.45) is 0. The van der Waals surface area contributed by atoms with Crippen LogP contribution in [0.5, 0.6) is 0 Å². The van der Waals surface area contributed by atoms with Gasteiger partial charge in [-0.3, -0.25) is 0 Å². The van der Waals surface area contributed by atoms with Crippen LogP contribution in [-0.4, -0.2) is 10.7 Å². The number of hydrogen-bond donors (Lipinski definition) is 1. The molecule has 0 aliphatic rings. The molecular weight excluding hydrogens is 262 g/mol. The van der Waals surface area contributed by atoms with Crippen molar-refractivity contribution >= 4 is 28.8 Å². The summed E-state index contributed by atoms with van der Waals surface area (Å²) in [5.41, 5.74) is 3.37. The molecule has 17 heavy (non-hydrogen) atoms. The monoisotopic (exact) mass is 272 g/mol. The molecule has 90 valence electrons. The van der Waals surface area contributed by atoms with E-state index < -0.39 is 5.76 Å². The van der Waals surface area contributed by atoms with Crippen LogP contribution >= 0.6 is 23.1 Å². The molecule has 1 N–H and O–H groups in total. The van der Waals surface area contributed by atoms with Crippen LogP contribution in [0.3, 0.4) is 0 Å². The van der Waals surface area contributed by atoms with Gasteiger partial charge in [0.05, 0.1) is 17.7 Å². The van der Waals surface area contributed by atoms with E-state index in [1.165, 1.54) is 11.3 Å². The van der Waals surface area contributed by atoms with Gasteiger partial charge in [-0.05, 0) is 12.1 Å². The Morgan fingerprint density at radius 1 is 1.35 bits per heavy atom. The molecule has 0 fully saturated rings. The molecule has 1 aromatic heterocycles. The van der Waals surface area contributed by atoms with Crippen LogP contribution in [0.25, 0.3) is 0 Å². The molecule has 2 rings (SSSR count). The minimum Gasteiger partial charge on any atom is -0.378 e. The Kier molecular flexibility index (Phi) is 4.33. The number of thioether (sulfide) groups is 1. The van der Waals surface area contributed by atoms with Crippen molar-refractivity contribution in [2.75, 3.05) is 5.32 Å². The number of hydrogen-bond acceptors (Lipinski definition) is 4. The second-order valence-corrected chi connectivity index (χ2v) is 4.96. The lowest BCUT2D eigenvalue weighted by atomic mass is 10.3. The van der Waals surface area contributed by atoms with Crippen LogP contribution in [-0.2, 0) is 6.54 Å². The van der Waals surface area contributed by atoms with Crippen molar-refractivity contribution in [2.45, 2.75) is 17.2 Å². The number of nitrogens with one attached hydrogen (secondary N) is 1. The molecule has 2 aromatic rings. The number of halogens is 2. The molecule has 0 aliphatic heterocycles. The lowest BCUT2D eigenvalue weighted by Gasteiger charge is -2.10. The number of para-hydroxylation sites is 1. The summed E-state index contributed by atoms with van der Waals surface area (Å²) in [4.78, 5) is 4.68. The third kappa shape index (κ3) is 3.67. The molecular formula is C11H10F2N2S2. The smallest absolute Gasteiger partial charge is 0.288 e. The average Bonchev–Trinajstić information content (AvgIpc) is 2.80. The maximum atomic E-state index is 12.3. The first kappa shape index (κ1) is 12.3. The van der Waals surface area contributed by atoms with Crippen LogP contribution in [0.1, 0.15) is 5.69 Å². The number of rotatable bonds is 5. The molecule has 0 bridgehead atoms. The Morgan fingerprint density at radius 2 is 2.18 bits per heavy atom. The fraction of sp³-hybridized carbons (Fsp3) is 0.182. The first-order valence-electron chi connectivity index (χ1n) is 4.90. The Bertz CT molecular complexity index is 460. The molecule has 0 spiro atoms. The summed E-state index contributed by atoms with van der Waals surface area (Å²) in [6, 6.07) is 7.04. The van der Waals surface area contributed by atoms with Crippen molar-refractivity contribution in [2.24, 2.45) is 0 Å². The van der Waals surface area contributed by atoms with Crippen LogP contribution < -0.4 is 5.32 Å². The van der Waals surface area contributed by atoms with E-state index in [-0.39, 0.29) is 0 Å². The predicted octanol–water partition coefficient (Wildman–Crippen LogP) is 4.07. The number of aromatic nitrogens is 1. The molecule has 0 atom stereocenters. The molecule has 1 aromatic carbocycles. The maximum Gasteiger partial charge on any atom is 0.288 e. The fourth-order valence-electron chi connectivity index (χ4n) is 1.32. The van der Waals surface area contributed by atoms with Gasteiger partial charge in [0.25, 0.3) is 5.76 Å². The van der Waals surface area contributed by atoms with Crippen molar-refractivity contribution < 1.29 is 8.78 Å². The van der Waals surface area contributed by atoms with Gasteiger partial charge in [0.2, 0.25) is 0 Å². The van der Waals surface area contributed by atoms with Gasteiger partial charge >= 0.3 is 0 Å². The normalized spacial score (nSPS) is 10.8. The Hall–Kier alpha value is -1.14. The van der Waals surface area contributed by atoms with E-state index in [9.17, 15) is 8.78 Å². The average molecular weight is 272 g/mol. The van der Waals surface area contributed by atoms with Gasteiger partial charge in [-0.2, -0.15) is 8.78 Å². The van der Waals surface area contributed by atoms with Crippen molar-refractivity contribution in [1.82, 2.24) is 4.98 Å². The molecule has 0 saturated carbocycles. The van der Waals surface area contributed by atoms with Crippen LogP contribution in [0.4, 0.5) is 14.5 Å². The standard InChI is InChI=1S/C11H10F2N2S2/c12-11(13)17-10-4-2-1-3-9(10)14-5-8-6-16-7-15-8/h1-4,6-7,11,14H,5H2. The Morgan fingerprint density at radius 3 is 2.88 bits per heavy atom. The van der Waals surface area contributed by atoms with Crippen molar-refractivity contribution in [3.63, 3.8) is 0 Å². The highest BCUT2D eigenvalue weighted by Crippen LogP contribution is 2.31. The number of benzene rings is 1. The SMILES string of the molecule is FC(F)Sc1ccccc1NCc1cscn1. The van der Waals surface area contributed by atoms with E-state index in [0.29, 0.717) is 28.9 Å². The largest absolute Gasteiger partial charge is 0.378 e. The highest BCUT2D eigenvalue weighted by atomic mass is 32.2. The Labute approximate surface area is 106 Å². The number of thiazole rings is 1. The third-order valence-corrected chi connectivity index (χ3v) is 3.47.